The summed E-state index contributed by atoms with van der Waals surface area (Å²) in [6.07, 6.45) is 2.33. The van der Waals surface area contributed by atoms with E-state index in [4.69, 9.17) is 9.15 Å². The van der Waals surface area contributed by atoms with Gasteiger partial charge in [0.25, 0.3) is 0 Å². The van der Waals surface area contributed by atoms with Crippen LogP contribution in [0, 0.1) is 27.7 Å². The number of esters is 1. The van der Waals surface area contributed by atoms with E-state index in [1.54, 1.807) is 19.9 Å². The zero-order chi connectivity index (χ0) is 16.7. The van der Waals surface area contributed by atoms with Gasteiger partial charge in [-0.1, -0.05) is 0 Å². The van der Waals surface area contributed by atoms with E-state index in [-0.39, 0.29) is 12.4 Å². The van der Waals surface area contributed by atoms with Gasteiger partial charge in [-0.25, -0.2) is 4.79 Å². The number of furan rings is 1. The van der Waals surface area contributed by atoms with E-state index >= 15 is 0 Å². The van der Waals surface area contributed by atoms with Crippen LogP contribution in [0.25, 0.3) is 0 Å². The number of nitrogens with zero attached hydrogens (tertiary/aromatic N) is 1. The first kappa shape index (κ1) is 15.6. The zero-order valence-corrected chi connectivity index (χ0v) is 13.9. The molecule has 0 amide bonds. The third-order valence-electron chi connectivity index (χ3n) is 4.29. The van der Waals surface area contributed by atoms with Crippen molar-refractivity contribution < 1.29 is 18.7 Å². The van der Waals surface area contributed by atoms with Crippen molar-refractivity contribution in [3.63, 3.8) is 0 Å². The fourth-order valence-corrected chi connectivity index (χ4v) is 3.07. The van der Waals surface area contributed by atoms with Crippen LogP contribution in [0.3, 0.4) is 0 Å². The smallest absolute Gasteiger partial charge is 0.342 e. The zero-order valence-electron chi connectivity index (χ0n) is 13.9. The van der Waals surface area contributed by atoms with Crippen molar-refractivity contribution in [1.82, 2.24) is 4.57 Å². The molecule has 1 aliphatic rings. The molecule has 0 bridgehead atoms. The number of hydrogen-bond acceptors (Lipinski definition) is 4. The molecule has 0 aromatic carbocycles. The Bertz CT molecular complexity index is 777. The van der Waals surface area contributed by atoms with Gasteiger partial charge in [0, 0.05) is 23.0 Å². The van der Waals surface area contributed by atoms with Crippen LogP contribution in [0.15, 0.2) is 16.5 Å². The minimum absolute atomic E-state index is 0.170. The van der Waals surface area contributed by atoms with Crippen LogP contribution in [-0.4, -0.2) is 22.9 Å². The second-order valence-corrected chi connectivity index (χ2v) is 6.21. The molecule has 1 aliphatic carbocycles. The third-order valence-corrected chi connectivity index (χ3v) is 4.29. The lowest BCUT2D eigenvalue weighted by molar-refractivity contribution is 0.0472. The highest BCUT2D eigenvalue weighted by molar-refractivity contribution is 6.00. The maximum atomic E-state index is 12.4. The van der Waals surface area contributed by atoms with Crippen LogP contribution < -0.4 is 0 Å². The topological polar surface area (TPSA) is 61.4 Å². The minimum Gasteiger partial charge on any atom is -0.466 e. The second kappa shape index (κ2) is 5.72. The maximum Gasteiger partial charge on any atom is 0.342 e. The highest BCUT2D eigenvalue weighted by Crippen LogP contribution is 2.38. The molecule has 0 radical (unpaired) electrons. The lowest BCUT2D eigenvalue weighted by Crippen LogP contribution is -2.15. The van der Waals surface area contributed by atoms with Gasteiger partial charge in [-0.3, -0.25) is 4.79 Å². The normalized spacial score (nSPS) is 14.1. The summed E-state index contributed by atoms with van der Waals surface area (Å²) in [5, 5.41) is 0. The van der Waals surface area contributed by atoms with Gasteiger partial charge in [0.05, 0.1) is 0 Å². The van der Waals surface area contributed by atoms with E-state index < -0.39 is 5.97 Å². The minimum atomic E-state index is -0.524. The molecule has 2 aromatic rings. The molecule has 0 aliphatic heterocycles. The maximum absolute atomic E-state index is 12.4. The lowest BCUT2D eigenvalue weighted by Gasteiger charge is -2.07. The first-order chi connectivity index (χ1) is 10.9. The Labute approximate surface area is 135 Å². The van der Waals surface area contributed by atoms with Crippen molar-refractivity contribution in [2.24, 2.45) is 0 Å². The predicted molar refractivity (Wildman–Crippen MR) is 85.0 cm³/mol. The second-order valence-electron chi connectivity index (χ2n) is 6.21. The van der Waals surface area contributed by atoms with Crippen LogP contribution in [0.1, 0.15) is 62.5 Å². The Hall–Kier alpha value is -2.30. The Balaban J connectivity index is 1.69. The number of carbonyl (C=O) groups excluding carboxylic acids is 2. The standard InChI is InChI=1S/C18H21NO4/c1-10-7-15(12(3)19(10)14-5-6-14)17(20)9-22-18(21)16-8-11(2)23-13(16)4/h7-8,14H,5-6,9H2,1-4H3. The summed E-state index contributed by atoms with van der Waals surface area (Å²) >= 11 is 0. The monoisotopic (exact) mass is 315 g/mol. The SMILES string of the molecule is Cc1cc(C(=O)OCC(=O)c2cc(C)n(C3CC3)c2C)c(C)o1. The van der Waals surface area contributed by atoms with Crippen LogP contribution in [-0.2, 0) is 4.74 Å². The number of aryl methyl sites for hydroxylation is 3. The average molecular weight is 315 g/mol. The van der Waals surface area contributed by atoms with Gasteiger partial charge < -0.3 is 13.7 Å². The average Bonchev–Trinajstić information content (AvgIpc) is 3.19. The summed E-state index contributed by atoms with van der Waals surface area (Å²) in [4.78, 5) is 24.4. The van der Waals surface area contributed by atoms with E-state index in [1.165, 1.54) is 0 Å². The predicted octanol–water partition coefficient (Wildman–Crippen LogP) is 3.69. The number of carbonyl (C=O) groups is 2. The first-order valence-electron chi connectivity index (χ1n) is 7.84. The summed E-state index contributed by atoms with van der Waals surface area (Å²) in [7, 11) is 0. The van der Waals surface area contributed by atoms with Crippen molar-refractivity contribution in [3.05, 3.63) is 46.2 Å². The highest BCUT2D eigenvalue weighted by Gasteiger charge is 2.28. The molecule has 5 heteroatoms. The fraction of sp³-hybridized carbons (Fsp3) is 0.444. The van der Waals surface area contributed by atoms with Crippen LogP contribution in [0.2, 0.25) is 0 Å². The summed E-state index contributed by atoms with van der Waals surface area (Å²) in [5.74, 6) is 0.459. The van der Waals surface area contributed by atoms with Crippen molar-refractivity contribution >= 4 is 11.8 Å². The molecule has 1 fully saturated rings. The largest absolute Gasteiger partial charge is 0.466 e. The molecule has 1 saturated carbocycles. The molecule has 3 rings (SSSR count). The van der Waals surface area contributed by atoms with Gasteiger partial charge in [0.15, 0.2) is 6.61 Å². The number of Topliss-reactive ketones (excluding diaryl/α,β-unsaturated/α-hetero) is 1. The molecule has 2 heterocycles. The first-order valence-corrected chi connectivity index (χ1v) is 7.84. The third kappa shape index (κ3) is 2.96. The molecule has 0 unspecified atom stereocenters. The van der Waals surface area contributed by atoms with Crippen molar-refractivity contribution in [2.75, 3.05) is 6.61 Å². The Morgan fingerprint density at radius 2 is 1.87 bits per heavy atom. The Kier molecular flexibility index (Phi) is 3.88. The van der Waals surface area contributed by atoms with Gasteiger partial charge in [0.1, 0.15) is 17.1 Å². The van der Waals surface area contributed by atoms with Gasteiger partial charge >= 0.3 is 5.97 Å². The van der Waals surface area contributed by atoms with Crippen molar-refractivity contribution in [2.45, 2.75) is 46.6 Å². The van der Waals surface area contributed by atoms with Gasteiger partial charge in [-0.2, -0.15) is 0 Å². The Morgan fingerprint density at radius 1 is 1.17 bits per heavy atom. The van der Waals surface area contributed by atoms with Gasteiger partial charge in [0.2, 0.25) is 5.78 Å². The van der Waals surface area contributed by atoms with Crippen molar-refractivity contribution in [3.8, 4) is 0 Å². The molecule has 2 aromatic heterocycles. The lowest BCUT2D eigenvalue weighted by atomic mass is 10.1. The molecule has 122 valence electrons. The molecular weight excluding hydrogens is 294 g/mol. The summed E-state index contributed by atoms with van der Waals surface area (Å²) in [6.45, 7) is 7.17. The van der Waals surface area contributed by atoms with Gasteiger partial charge in [-0.15, -0.1) is 0 Å². The van der Waals surface area contributed by atoms with E-state index in [9.17, 15) is 9.59 Å². The Morgan fingerprint density at radius 3 is 2.43 bits per heavy atom. The number of ketones is 1. The molecule has 5 nitrogen and oxygen atoms in total. The van der Waals surface area contributed by atoms with Crippen molar-refractivity contribution in [1.29, 1.82) is 0 Å². The van der Waals surface area contributed by atoms with E-state index in [1.807, 2.05) is 19.9 Å². The number of ether oxygens (including phenoxy) is 1. The molecule has 0 atom stereocenters. The van der Waals surface area contributed by atoms with Crippen LogP contribution in [0.4, 0.5) is 0 Å². The molecule has 23 heavy (non-hydrogen) atoms. The number of aromatic nitrogens is 1. The summed E-state index contributed by atoms with van der Waals surface area (Å²) in [5.41, 5.74) is 3.06. The number of hydrogen-bond donors (Lipinski definition) is 0. The molecular formula is C18H21NO4. The molecule has 0 N–H and O–H groups in total. The van der Waals surface area contributed by atoms with E-state index in [0.717, 1.165) is 24.2 Å². The van der Waals surface area contributed by atoms with E-state index in [0.29, 0.717) is 28.7 Å². The quantitative estimate of drug-likeness (QED) is 0.623. The molecule has 0 spiro atoms. The molecule has 0 saturated heterocycles. The highest BCUT2D eigenvalue weighted by atomic mass is 16.5. The van der Waals surface area contributed by atoms with Crippen LogP contribution in [0.5, 0.6) is 0 Å². The van der Waals surface area contributed by atoms with Crippen LogP contribution >= 0.6 is 0 Å². The van der Waals surface area contributed by atoms with Gasteiger partial charge in [-0.05, 0) is 52.7 Å². The summed E-state index contributed by atoms with van der Waals surface area (Å²) < 4.78 is 12.7. The summed E-state index contributed by atoms with van der Waals surface area (Å²) in [6, 6.07) is 4.04. The fourth-order valence-electron chi connectivity index (χ4n) is 3.07. The number of rotatable bonds is 5. The van der Waals surface area contributed by atoms with E-state index in [2.05, 4.69) is 4.57 Å².